The quantitative estimate of drug-likeness (QED) is 0.639. The molecule has 1 saturated heterocycles. The summed E-state index contributed by atoms with van der Waals surface area (Å²) in [6.45, 7) is 6.01. The fourth-order valence-corrected chi connectivity index (χ4v) is 3.56. The molecule has 1 heterocycles. The fraction of sp³-hybridized carbons (Fsp3) is 0.600. The van der Waals surface area contributed by atoms with E-state index in [0.29, 0.717) is 4.90 Å². The molecule has 0 aromatic heterocycles. The van der Waals surface area contributed by atoms with Gasteiger partial charge in [-0.05, 0) is 58.7 Å². The van der Waals surface area contributed by atoms with Crippen molar-refractivity contribution < 1.29 is 36.3 Å². The topological polar surface area (TPSA) is 49.9 Å². The maximum atomic E-state index is 14.5. The highest BCUT2D eigenvalue weighted by molar-refractivity contribution is 5.82. The van der Waals surface area contributed by atoms with Crippen LogP contribution in [0.4, 0.5) is 26.7 Å². The van der Waals surface area contributed by atoms with Crippen LogP contribution in [0.15, 0.2) is 18.2 Å². The number of ether oxygens (including phenoxy) is 1. The number of rotatable bonds is 3. The SMILES string of the molecule is CCN(C(=O)C(F)(F)F)[C@H]1CCN(C(=O)OC(C)(C)C)[C@H](c2cc(F)ccc2F)C1. The second kappa shape index (κ2) is 8.77. The van der Waals surface area contributed by atoms with Crippen LogP contribution in [0.5, 0.6) is 0 Å². The van der Waals surface area contributed by atoms with Gasteiger partial charge in [0.25, 0.3) is 0 Å². The highest BCUT2D eigenvalue weighted by Crippen LogP contribution is 2.37. The summed E-state index contributed by atoms with van der Waals surface area (Å²) >= 11 is 0. The molecule has 1 aliphatic rings. The van der Waals surface area contributed by atoms with Crippen LogP contribution < -0.4 is 0 Å². The number of hydrogen-bond acceptors (Lipinski definition) is 3. The highest BCUT2D eigenvalue weighted by Gasteiger charge is 2.46. The van der Waals surface area contributed by atoms with Gasteiger partial charge in [0, 0.05) is 24.7 Å². The van der Waals surface area contributed by atoms with Crippen LogP contribution >= 0.6 is 0 Å². The van der Waals surface area contributed by atoms with Gasteiger partial charge in [-0.15, -0.1) is 0 Å². The van der Waals surface area contributed by atoms with Crippen molar-refractivity contribution in [3.8, 4) is 0 Å². The van der Waals surface area contributed by atoms with Crippen LogP contribution in [0.2, 0.25) is 0 Å². The standard InChI is InChI=1S/C20H25F5N2O3/c1-5-26(17(28)20(23,24)25)13-8-9-27(18(29)30-19(2,3)4)16(11-13)14-10-12(21)6-7-15(14)22/h6-7,10,13,16H,5,8-9,11H2,1-4H3/t13-,16-/m0/s1. The number of likely N-dealkylation sites (tertiary alicyclic amines) is 1. The lowest BCUT2D eigenvalue weighted by molar-refractivity contribution is -0.188. The zero-order valence-corrected chi connectivity index (χ0v) is 17.2. The molecule has 1 fully saturated rings. The molecule has 168 valence electrons. The number of alkyl halides is 3. The van der Waals surface area contributed by atoms with Crippen molar-refractivity contribution in [1.82, 2.24) is 9.80 Å². The Hall–Kier alpha value is -2.39. The van der Waals surface area contributed by atoms with Crippen LogP contribution in [-0.2, 0) is 9.53 Å². The second-order valence-electron chi connectivity index (χ2n) is 8.12. The van der Waals surface area contributed by atoms with E-state index in [-0.39, 0.29) is 31.5 Å². The first-order valence-corrected chi connectivity index (χ1v) is 9.57. The van der Waals surface area contributed by atoms with Gasteiger partial charge in [0.2, 0.25) is 0 Å². The number of piperidine rings is 1. The summed E-state index contributed by atoms with van der Waals surface area (Å²) in [5.41, 5.74) is -1.04. The molecule has 1 aromatic carbocycles. The van der Waals surface area contributed by atoms with E-state index in [1.165, 1.54) is 11.8 Å². The molecule has 1 aliphatic heterocycles. The van der Waals surface area contributed by atoms with Gasteiger partial charge in [-0.2, -0.15) is 13.2 Å². The molecule has 0 N–H and O–H groups in total. The fourth-order valence-electron chi connectivity index (χ4n) is 3.56. The zero-order chi connectivity index (χ0) is 22.9. The number of nitrogens with zero attached hydrogens (tertiary/aromatic N) is 2. The lowest BCUT2D eigenvalue weighted by Gasteiger charge is -2.43. The Morgan fingerprint density at radius 1 is 1.20 bits per heavy atom. The number of carbonyl (C=O) groups is 2. The monoisotopic (exact) mass is 436 g/mol. The van der Waals surface area contributed by atoms with E-state index in [9.17, 15) is 31.5 Å². The van der Waals surface area contributed by atoms with E-state index in [1.54, 1.807) is 20.8 Å². The summed E-state index contributed by atoms with van der Waals surface area (Å²) in [6.07, 6.45) is -5.99. The molecule has 10 heteroatoms. The maximum absolute atomic E-state index is 14.5. The molecule has 0 radical (unpaired) electrons. The minimum absolute atomic E-state index is 0.0440. The van der Waals surface area contributed by atoms with Crippen molar-refractivity contribution >= 4 is 12.0 Å². The average molecular weight is 436 g/mol. The van der Waals surface area contributed by atoms with E-state index in [2.05, 4.69) is 0 Å². The zero-order valence-electron chi connectivity index (χ0n) is 17.2. The van der Waals surface area contributed by atoms with E-state index >= 15 is 0 Å². The molecule has 0 spiro atoms. The Morgan fingerprint density at radius 3 is 2.37 bits per heavy atom. The van der Waals surface area contributed by atoms with Crippen LogP contribution in [-0.4, -0.2) is 52.7 Å². The first-order chi connectivity index (χ1) is 13.7. The average Bonchev–Trinajstić information content (AvgIpc) is 2.62. The van der Waals surface area contributed by atoms with E-state index < -0.39 is 47.5 Å². The summed E-state index contributed by atoms with van der Waals surface area (Å²) in [7, 11) is 0. The Kier molecular flexibility index (Phi) is 6.98. The number of carbonyl (C=O) groups excluding carboxylic acids is 2. The highest BCUT2D eigenvalue weighted by atomic mass is 19.4. The van der Waals surface area contributed by atoms with Crippen molar-refractivity contribution in [3.05, 3.63) is 35.4 Å². The van der Waals surface area contributed by atoms with Gasteiger partial charge in [0.1, 0.15) is 17.2 Å². The third-order valence-electron chi connectivity index (χ3n) is 4.80. The van der Waals surface area contributed by atoms with E-state index in [4.69, 9.17) is 4.74 Å². The Morgan fingerprint density at radius 2 is 1.83 bits per heavy atom. The van der Waals surface area contributed by atoms with Crippen LogP contribution in [0.1, 0.15) is 52.1 Å². The number of halogens is 5. The molecule has 2 amide bonds. The van der Waals surface area contributed by atoms with E-state index in [0.717, 1.165) is 18.2 Å². The van der Waals surface area contributed by atoms with Crippen LogP contribution in [0.25, 0.3) is 0 Å². The molecule has 0 bridgehead atoms. The van der Waals surface area contributed by atoms with Crippen LogP contribution in [0, 0.1) is 11.6 Å². The predicted molar refractivity (Wildman–Crippen MR) is 98.5 cm³/mol. The van der Waals surface area contributed by atoms with Crippen molar-refractivity contribution in [2.45, 2.75) is 64.4 Å². The molecule has 2 rings (SSSR count). The Labute approximate surface area is 171 Å². The first-order valence-electron chi connectivity index (χ1n) is 9.57. The van der Waals surface area contributed by atoms with Gasteiger partial charge >= 0.3 is 18.2 Å². The van der Waals surface area contributed by atoms with E-state index in [1.807, 2.05) is 0 Å². The first kappa shape index (κ1) is 23.9. The van der Waals surface area contributed by atoms with Gasteiger partial charge in [-0.1, -0.05) is 0 Å². The van der Waals surface area contributed by atoms with Gasteiger partial charge in [0.15, 0.2) is 0 Å². The third kappa shape index (κ3) is 5.60. The van der Waals surface area contributed by atoms with Crippen LogP contribution in [0.3, 0.4) is 0 Å². The largest absolute Gasteiger partial charge is 0.471 e. The van der Waals surface area contributed by atoms with Gasteiger partial charge in [-0.25, -0.2) is 13.6 Å². The molecule has 0 saturated carbocycles. The molecule has 0 aliphatic carbocycles. The molecule has 5 nitrogen and oxygen atoms in total. The molecule has 2 atom stereocenters. The van der Waals surface area contributed by atoms with Crippen molar-refractivity contribution in [1.29, 1.82) is 0 Å². The lowest BCUT2D eigenvalue weighted by Crippen LogP contribution is -2.53. The van der Waals surface area contributed by atoms with Crippen molar-refractivity contribution in [3.63, 3.8) is 0 Å². The lowest BCUT2D eigenvalue weighted by atomic mass is 9.90. The number of benzene rings is 1. The maximum Gasteiger partial charge on any atom is 0.471 e. The van der Waals surface area contributed by atoms with Crippen molar-refractivity contribution in [2.24, 2.45) is 0 Å². The smallest absolute Gasteiger partial charge is 0.444 e. The molecule has 1 aromatic rings. The Balaban J connectivity index is 2.41. The Bertz CT molecular complexity index is 792. The summed E-state index contributed by atoms with van der Waals surface area (Å²) in [4.78, 5) is 26.3. The van der Waals surface area contributed by atoms with Gasteiger partial charge in [-0.3, -0.25) is 4.79 Å². The molecular formula is C20H25F5N2O3. The van der Waals surface area contributed by atoms with Gasteiger partial charge in [0.05, 0.1) is 6.04 Å². The number of amides is 2. The minimum Gasteiger partial charge on any atom is -0.444 e. The third-order valence-corrected chi connectivity index (χ3v) is 4.80. The second-order valence-corrected chi connectivity index (χ2v) is 8.12. The molecular weight excluding hydrogens is 411 g/mol. The minimum atomic E-state index is -5.06. The normalized spacial score (nSPS) is 20.1. The van der Waals surface area contributed by atoms with Gasteiger partial charge < -0.3 is 14.5 Å². The summed E-state index contributed by atoms with van der Waals surface area (Å²) in [6, 6.07) is 0.698. The van der Waals surface area contributed by atoms with Crippen molar-refractivity contribution in [2.75, 3.05) is 13.1 Å². The summed E-state index contributed by atoms with van der Waals surface area (Å²) < 4.78 is 72.6. The number of hydrogen-bond donors (Lipinski definition) is 0. The summed E-state index contributed by atoms with van der Waals surface area (Å²) in [5, 5.41) is 0. The molecule has 30 heavy (non-hydrogen) atoms. The predicted octanol–water partition coefficient (Wildman–Crippen LogP) is 4.82. The molecule has 0 unspecified atom stereocenters. The summed E-state index contributed by atoms with van der Waals surface area (Å²) in [5.74, 6) is -3.56.